The molecule has 1 aromatic carbocycles. The first-order valence-electron chi connectivity index (χ1n) is 12.5. The Balaban J connectivity index is 1.29. The zero-order chi connectivity index (χ0) is 27.0. The third-order valence-electron chi connectivity index (χ3n) is 9.41. The lowest BCUT2D eigenvalue weighted by atomic mass is 9.64. The number of nitrogens with one attached hydrogen (secondary N) is 2. The monoisotopic (exact) mass is 535 g/mol. The predicted molar refractivity (Wildman–Crippen MR) is 133 cm³/mol. The van der Waals surface area contributed by atoms with Crippen LogP contribution in [0.1, 0.15) is 65.0 Å². The number of halogens is 4. The summed E-state index contributed by atoms with van der Waals surface area (Å²) in [5, 5.41) is 7.18. The summed E-state index contributed by atoms with van der Waals surface area (Å²) in [5.41, 5.74) is -3.40. The van der Waals surface area contributed by atoms with Crippen LogP contribution in [0.5, 0.6) is 0 Å². The van der Waals surface area contributed by atoms with Crippen molar-refractivity contribution in [1.82, 2.24) is 10.3 Å². The van der Waals surface area contributed by atoms with Crippen LogP contribution in [-0.4, -0.2) is 34.5 Å². The van der Waals surface area contributed by atoms with Crippen LogP contribution >= 0.6 is 11.6 Å². The Hall–Kier alpha value is -2.68. The molecule has 6 nitrogen and oxygen atoms in total. The lowest BCUT2D eigenvalue weighted by Crippen LogP contribution is -2.54. The maximum Gasteiger partial charge on any atom is 0.433 e. The van der Waals surface area contributed by atoms with Gasteiger partial charge in [-0.2, -0.15) is 13.2 Å². The molecule has 0 unspecified atom stereocenters. The summed E-state index contributed by atoms with van der Waals surface area (Å²) in [5.74, 6) is -1.41. The van der Waals surface area contributed by atoms with Crippen molar-refractivity contribution in [2.75, 3.05) is 5.32 Å². The minimum atomic E-state index is -4.59. The number of amides is 1. The van der Waals surface area contributed by atoms with Gasteiger partial charge in [0.15, 0.2) is 0 Å². The summed E-state index contributed by atoms with van der Waals surface area (Å²) in [4.78, 5) is 42.9. The van der Waals surface area contributed by atoms with E-state index in [9.17, 15) is 27.6 Å². The molecule has 37 heavy (non-hydrogen) atoms. The summed E-state index contributed by atoms with van der Waals surface area (Å²) < 4.78 is 40.3. The fourth-order valence-corrected chi connectivity index (χ4v) is 6.82. The molecule has 1 aromatic heterocycles. The highest BCUT2D eigenvalue weighted by molar-refractivity contribution is 6.48. The summed E-state index contributed by atoms with van der Waals surface area (Å²) in [6.07, 6.45) is -1.31. The Labute approximate surface area is 217 Å². The van der Waals surface area contributed by atoms with Crippen LogP contribution in [0, 0.1) is 16.2 Å². The first-order chi connectivity index (χ1) is 17.2. The zero-order valence-corrected chi connectivity index (χ0v) is 21.6. The number of nitrogens with zero attached hydrogens (tertiary/aromatic N) is 1. The topological polar surface area (TPSA) is 88.2 Å². The van der Waals surface area contributed by atoms with Gasteiger partial charge < -0.3 is 10.6 Å². The number of pyridine rings is 1. The maximum absolute atomic E-state index is 13.5. The number of carbonyl (C=O) groups is 3. The molecule has 5 rings (SSSR count). The van der Waals surface area contributed by atoms with Crippen LogP contribution in [0.2, 0.25) is 5.02 Å². The van der Waals surface area contributed by atoms with E-state index in [1.54, 1.807) is 13.0 Å². The number of hydrogen-bond acceptors (Lipinski definition) is 5. The molecule has 10 heteroatoms. The van der Waals surface area contributed by atoms with E-state index in [2.05, 4.69) is 15.6 Å². The first kappa shape index (κ1) is 25.9. The molecule has 198 valence electrons. The van der Waals surface area contributed by atoms with E-state index < -0.39 is 39.7 Å². The minimum Gasteiger partial charge on any atom is -0.382 e. The van der Waals surface area contributed by atoms with Gasteiger partial charge in [0.25, 0.3) is 0 Å². The van der Waals surface area contributed by atoms with E-state index in [1.165, 1.54) is 12.1 Å². The van der Waals surface area contributed by atoms with E-state index >= 15 is 0 Å². The highest BCUT2D eigenvalue weighted by Gasteiger charge is 2.77. The highest BCUT2D eigenvalue weighted by Crippen LogP contribution is 2.69. The Bertz CT molecular complexity index is 1320. The molecular weight excluding hydrogens is 507 g/mol. The standard InChI is InChI=1S/C27H29ClF3N3O3/c1-24(2)25(3)10-11-26(24,22(36)21(25)35)23(37)33-16-7-5-15(6-8-16)32-19-13-20(27(29,30)31)34-18-9-4-14(28)12-17(18)19/h4,9,12-13,15-16H,5-8,10-11H2,1-3H3,(H,32,34)(H,33,37)/t15?,16?,25-,26+/m1/s1. The summed E-state index contributed by atoms with van der Waals surface area (Å²) >= 11 is 6.10. The second-order valence-electron chi connectivity index (χ2n) is 11.4. The molecular formula is C27H29ClF3N3O3. The fraction of sp³-hybridized carbons (Fsp3) is 0.556. The van der Waals surface area contributed by atoms with Gasteiger partial charge in [-0.1, -0.05) is 32.4 Å². The van der Waals surface area contributed by atoms with Crippen molar-refractivity contribution < 1.29 is 27.6 Å². The van der Waals surface area contributed by atoms with Gasteiger partial charge in [0.1, 0.15) is 11.1 Å². The Morgan fingerprint density at radius 3 is 2.24 bits per heavy atom. The first-order valence-corrected chi connectivity index (χ1v) is 12.9. The molecule has 3 fully saturated rings. The number of hydrogen-bond donors (Lipinski definition) is 2. The van der Waals surface area contributed by atoms with Gasteiger partial charge in [0, 0.05) is 33.6 Å². The molecule has 3 aliphatic carbocycles. The Morgan fingerprint density at radius 2 is 1.65 bits per heavy atom. The van der Waals surface area contributed by atoms with Gasteiger partial charge in [-0.3, -0.25) is 14.4 Å². The van der Waals surface area contributed by atoms with E-state index in [-0.39, 0.29) is 23.5 Å². The molecule has 2 aromatic rings. The van der Waals surface area contributed by atoms with Crippen LogP contribution in [0.15, 0.2) is 24.3 Å². The van der Waals surface area contributed by atoms with E-state index in [1.807, 2.05) is 13.8 Å². The van der Waals surface area contributed by atoms with Crippen LogP contribution < -0.4 is 10.6 Å². The molecule has 0 radical (unpaired) electrons. The zero-order valence-electron chi connectivity index (χ0n) is 20.9. The number of fused-ring (bicyclic) bond motifs is 3. The van der Waals surface area contributed by atoms with E-state index in [0.717, 1.165) is 6.07 Å². The Morgan fingerprint density at radius 1 is 1.00 bits per heavy atom. The average Bonchev–Trinajstić information content (AvgIpc) is 3.11. The number of anilines is 1. The molecule has 3 aliphatic rings. The number of rotatable bonds is 4. The number of Topliss-reactive ketones (excluding diaryl/α,β-unsaturated/α-hetero) is 2. The second kappa shape index (κ2) is 8.41. The lowest BCUT2D eigenvalue weighted by Gasteiger charge is -2.39. The largest absolute Gasteiger partial charge is 0.433 e. The van der Waals surface area contributed by atoms with E-state index in [0.29, 0.717) is 54.6 Å². The molecule has 0 saturated heterocycles. The average molecular weight is 536 g/mol. The number of alkyl halides is 3. The van der Waals surface area contributed by atoms with Gasteiger partial charge in [0.05, 0.1) is 5.52 Å². The maximum atomic E-state index is 13.5. The van der Waals surface area contributed by atoms with Gasteiger partial charge in [0.2, 0.25) is 17.5 Å². The molecule has 2 bridgehead atoms. The number of benzene rings is 1. The van der Waals surface area contributed by atoms with Crippen molar-refractivity contribution in [3.63, 3.8) is 0 Å². The summed E-state index contributed by atoms with van der Waals surface area (Å²) in [7, 11) is 0. The third kappa shape index (κ3) is 3.75. The van der Waals surface area contributed by atoms with Crippen molar-refractivity contribution in [2.24, 2.45) is 16.2 Å². The van der Waals surface area contributed by atoms with Crippen molar-refractivity contribution in [3.8, 4) is 0 Å². The molecule has 1 heterocycles. The van der Waals surface area contributed by atoms with Crippen LogP contribution in [0.3, 0.4) is 0 Å². The SMILES string of the molecule is CC1(C)[C@@]2(C(=O)NC3CCC(Nc4cc(C(F)(F)F)nc5ccc(Cl)cc45)CC3)CC[C@]1(C)C(=O)C2=O. The van der Waals surface area contributed by atoms with Crippen LogP contribution in [0.4, 0.5) is 18.9 Å². The molecule has 0 spiro atoms. The third-order valence-corrected chi connectivity index (χ3v) is 9.65. The van der Waals surface area contributed by atoms with Gasteiger partial charge in [-0.05, 0) is 68.2 Å². The lowest BCUT2D eigenvalue weighted by molar-refractivity contribution is -0.149. The van der Waals surface area contributed by atoms with Gasteiger partial charge in [-0.15, -0.1) is 0 Å². The van der Waals surface area contributed by atoms with Crippen molar-refractivity contribution >= 4 is 45.7 Å². The number of carbonyl (C=O) groups excluding carboxylic acids is 3. The molecule has 2 atom stereocenters. The van der Waals surface area contributed by atoms with Crippen molar-refractivity contribution in [3.05, 3.63) is 35.0 Å². The smallest absolute Gasteiger partial charge is 0.382 e. The number of aromatic nitrogens is 1. The normalized spacial score (nSPS) is 31.1. The number of ketones is 2. The van der Waals surface area contributed by atoms with E-state index in [4.69, 9.17) is 11.6 Å². The quantitative estimate of drug-likeness (QED) is 0.387. The highest BCUT2D eigenvalue weighted by atomic mass is 35.5. The second-order valence-corrected chi connectivity index (χ2v) is 11.8. The molecule has 1 amide bonds. The van der Waals surface area contributed by atoms with Crippen molar-refractivity contribution in [2.45, 2.75) is 77.6 Å². The summed E-state index contributed by atoms with van der Waals surface area (Å²) in [6.45, 7) is 5.46. The van der Waals surface area contributed by atoms with Gasteiger partial charge in [-0.25, -0.2) is 4.98 Å². The minimum absolute atomic E-state index is 0.113. The predicted octanol–water partition coefficient (Wildman–Crippen LogP) is 5.71. The fourth-order valence-electron chi connectivity index (χ4n) is 6.65. The summed E-state index contributed by atoms with van der Waals surface area (Å²) in [6, 6.07) is 5.28. The van der Waals surface area contributed by atoms with Crippen LogP contribution in [-0.2, 0) is 20.6 Å². The molecule has 0 aliphatic heterocycles. The van der Waals surface area contributed by atoms with Crippen molar-refractivity contribution in [1.29, 1.82) is 0 Å². The molecule has 2 N–H and O–H groups in total. The molecule has 3 saturated carbocycles. The van der Waals surface area contributed by atoms with Gasteiger partial charge >= 0.3 is 6.18 Å². The van der Waals surface area contributed by atoms with Crippen LogP contribution in [0.25, 0.3) is 10.9 Å². The Kier molecular flexibility index (Phi) is 5.90.